The molecule has 0 bridgehead atoms. The van der Waals surface area contributed by atoms with E-state index < -0.39 is 17.5 Å². The number of nitrogens with zero attached hydrogens (tertiary/aromatic N) is 2. The van der Waals surface area contributed by atoms with Crippen molar-refractivity contribution in [2.45, 2.75) is 39.7 Å². The van der Waals surface area contributed by atoms with E-state index in [1.807, 2.05) is 13.8 Å². The van der Waals surface area contributed by atoms with E-state index in [1.54, 1.807) is 23.8 Å². The lowest BCUT2D eigenvalue weighted by molar-refractivity contribution is -0.150. The van der Waals surface area contributed by atoms with Gasteiger partial charge < -0.3 is 20.0 Å². The SMILES string of the molecule is CC(O)CCN(C)C(=O)N1CCC(C(=O)O)(C(C)C)C1. The lowest BCUT2D eigenvalue weighted by Crippen LogP contribution is -2.44. The normalized spacial score (nSPS) is 24.0. The molecule has 1 saturated heterocycles. The predicted molar refractivity (Wildman–Crippen MR) is 75.4 cm³/mol. The second-order valence-electron chi connectivity index (χ2n) is 6.13. The van der Waals surface area contributed by atoms with Gasteiger partial charge in [-0.1, -0.05) is 13.8 Å². The Morgan fingerprint density at radius 1 is 1.35 bits per heavy atom. The van der Waals surface area contributed by atoms with Gasteiger partial charge in [0.15, 0.2) is 0 Å². The topological polar surface area (TPSA) is 81.1 Å². The van der Waals surface area contributed by atoms with Gasteiger partial charge in [0.2, 0.25) is 0 Å². The second-order valence-corrected chi connectivity index (χ2v) is 6.13. The summed E-state index contributed by atoms with van der Waals surface area (Å²) >= 11 is 0. The van der Waals surface area contributed by atoms with Gasteiger partial charge in [0.05, 0.1) is 11.5 Å². The molecule has 116 valence electrons. The Kier molecular flexibility index (Phi) is 5.39. The highest BCUT2D eigenvalue weighted by molar-refractivity contribution is 5.80. The smallest absolute Gasteiger partial charge is 0.319 e. The Balaban J connectivity index is 2.67. The van der Waals surface area contributed by atoms with E-state index in [0.717, 1.165) is 0 Å². The number of aliphatic hydroxyl groups is 1. The molecule has 0 spiro atoms. The van der Waals surface area contributed by atoms with Gasteiger partial charge in [-0.3, -0.25) is 4.79 Å². The molecule has 1 rings (SSSR count). The van der Waals surface area contributed by atoms with Crippen molar-refractivity contribution in [2.24, 2.45) is 11.3 Å². The Morgan fingerprint density at radius 3 is 2.35 bits per heavy atom. The summed E-state index contributed by atoms with van der Waals surface area (Å²) in [4.78, 5) is 27.0. The van der Waals surface area contributed by atoms with Crippen molar-refractivity contribution in [1.29, 1.82) is 0 Å². The molecule has 1 aliphatic rings. The Morgan fingerprint density at radius 2 is 1.95 bits per heavy atom. The number of aliphatic hydroxyl groups excluding tert-OH is 1. The number of carbonyl (C=O) groups is 2. The van der Waals surface area contributed by atoms with Crippen LogP contribution in [0.1, 0.15) is 33.6 Å². The fourth-order valence-electron chi connectivity index (χ4n) is 2.61. The van der Waals surface area contributed by atoms with E-state index in [1.165, 1.54) is 0 Å². The molecule has 0 aromatic carbocycles. The molecule has 6 heteroatoms. The van der Waals surface area contributed by atoms with Crippen LogP contribution in [0, 0.1) is 11.3 Å². The second kappa shape index (κ2) is 6.43. The summed E-state index contributed by atoms with van der Waals surface area (Å²) in [5.74, 6) is -0.838. The maximum absolute atomic E-state index is 12.3. The van der Waals surface area contributed by atoms with Crippen LogP contribution in [0.15, 0.2) is 0 Å². The van der Waals surface area contributed by atoms with Crippen molar-refractivity contribution in [3.63, 3.8) is 0 Å². The maximum Gasteiger partial charge on any atom is 0.319 e. The van der Waals surface area contributed by atoms with Crippen LogP contribution in [0.4, 0.5) is 4.79 Å². The third kappa shape index (κ3) is 3.42. The molecular formula is C14H26N2O4. The first-order chi connectivity index (χ1) is 9.20. The van der Waals surface area contributed by atoms with Crippen LogP contribution in [0.5, 0.6) is 0 Å². The monoisotopic (exact) mass is 286 g/mol. The molecule has 0 aliphatic carbocycles. The van der Waals surface area contributed by atoms with Crippen LogP contribution >= 0.6 is 0 Å². The van der Waals surface area contributed by atoms with Crippen LogP contribution in [0.25, 0.3) is 0 Å². The number of rotatable bonds is 5. The van der Waals surface area contributed by atoms with E-state index in [4.69, 9.17) is 0 Å². The average molecular weight is 286 g/mol. The number of aliphatic carboxylic acids is 1. The predicted octanol–water partition coefficient (Wildman–Crippen LogP) is 1.24. The number of urea groups is 1. The maximum atomic E-state index is 12.3. The Bertz CT molecular complexity index is 370. The molecule has 6 nitrogen and oxygen atoms in total. The van der Waals surface area contributed by atoms with Crippen molar-refractivity contribution in [3.8, 4) is 0 Å². The summed E-state index contributed by atoms with van der Waals surface area (Å²) in [7, 11) is 1.68. The molecule has 20 heavy (non-hydrogen) atoms. The summed E-state index contributed by atoms with van der Waals surface area (Å²) in [5, 5.41) is 18.7. The molecule has 2 atom stereocenters. The molecule has 2 N–H and O–H groups in total. The standard InChI is InChI=1S/C14H26N2O4/c1-10(2)14(12(18)19)6-8-16(9-14)13(20)15(4)7-5-11(3)17/h10-11,17H,5-9H2,1-4H3,(H,18,19). The number of hydrogen-bond acceptors (Lipinski definition) is 3. The highest BCUT2D eigenvalue weighted by Crippen LogP contribution is 2.38. The van der Waals surface area contributed by atoms with Gasteiger partial charge in [-0.2, -0.15) is 0 Å². The van der Waals surface area contributed by atoms with Gasteiger partial charge in [0, 0.05) is 26.7 Å². The summed E-state index contributed by atoms with van der Waals surface area (Å²) in [6.07, 6.45) is 0.568. The summed E-state index contributed by atoms with van der Waals surface area (Å²) in [6.45, 7) is 6.66. The Labute approximate surface area is 120 Å². The van der Waals surface area contributed by atoms with Crippen LogP contribution in [0.2, 0.25) is 0 Å². The minimum Gasteiger partial charge on any atom is -0.481 e. The zero-order valence-electron chi connectivity index (χ0n) is 12.8. The molecule has 2 amide bonds. The fourth-order valence-corrected chi connectivity index (χ4v) is 2.61. The molecule has 1 heterocycles. The van der Waals surface area contributed by atoms with E-state index in [2.05, 4.69) is 0 Å². The average Bonchev–Trinajstić information content (AvgIpc) is 2.81. The van der Waals surface area contributed by atoms with Crippen LogP contribution < -0.4 is 0 Å². The number of amides is 2. The molecule has 0 aromatic rings. The van der Waals surface area contributed by atoms with Crippen LogP contribution in [-0.4, -0.2) is 64.8 Å². The van der Waals surface area contributed by atoms with Crippen LogP contribution in [0.3, 0.4) is 0 Å². The largest absolute Gasteiger partial charge is 0.481 e. The summed E-state index contributed by atoms with van der Waals surface area (Å²) < 4.78 is 0. The van der Waals surface area contributed by atoms with Crippen molar-refractivity contribution in [3.05, 3.63) is 0 Å². The first-order valence-electron chi connectivity index (χ1n) is 7.12. The lowest BCUT2D eigenvalue weighted by atomic mass is 9.76. The zero-order valence-corrected chi connectivity index (χ0v) is 12.8. The quantitative estimate of drug-likeness (QED) is 0.797. The van der Waals surface area contributed by atoms with Crippen LogP contribution in [-0.2, 0) is 4.79 Å². The Hall–Kier alpha value is -1.30. The first-order valence-corrected chi connectivity index (χ1v) is 7.12. The highest BCUT2D eigenvalue weighted by Gasteiger charge is 2.48. The van der Waals surface area contributed by atoms with Gasteiger partial charge in [-0.25, -0.2) is 4.79 Å². The molecular weight excluding hydrogens is 260 g/mol. The van der Waals surface area contributed by atoms with Gasteiger partial charge >= 0.3 is 12.0 Å². The number of likely N-dealkylation sites (tertiary alicyclic amines) is 1. The highest BCUT2D eigenvalue weighted by atomic mass is 16.4. The van der Waals surface area contributed by atoms with Crippen molar-refractivity contribution < 1.29 is 19.8 Å². The van der Waals surface area contributed by atoms with Crippen molar-refractivity contribution >= 4 is 12.0 Å². The van der Waals surface area contributed by atoms with Gasteiger partial charge in [0.1, 0.15) is 0 Å². The lowest BCUT2D eigenvalue weighted by Gasteiger charge is -2.30. The van der Waals surface area contributed by atoms with E-state index in [9.17, 15) is 19.8 Å². The summed E-state index contributed by atoms with van der Waals surface area (Å²) in [6, 6.07) is -0.158. The number of carbonyl (C=O) groups excluding carboxylic acids is 1. The number of carboxylic acids is 1. The van der Waals surface area contributed by atoms with E-state index in [-0.39, 0.29) is 18.5 Å². The minimum absolute atomic E-state index is 0.0134. The molecule has 1 fully saturated rings. The number of carboxylic acid groups (broad SMARTS) is 1. The third-order valence-corrected chi connectivity index (χ3v) is 4.31. The summed E-state index contributed by atoms with van der Waals surface area (Å²) in [5.41, 5.74) is -0.833. The van der Waals surface area contributed by atoms with E-state index in [0.29, 0.717) is 25.9 Å². The first kappa shape index (κ1) is 16.8. The van der Waals surface area contributed by atoms with E-state index >= 15 is 0 Å². The van der Waals surface area contributed by atoms with Gasteiger partial charge in [-0.15, -0.1) is 0 Å². The zero-order chi connectivity index (χ0) is 15.5. The number of hydrogen-bond donors (Lipinski definition) is 2. The molecule has 0 saturated carbocycles. The fraction of sp³-hybridized carbons (Fsp3) is 0.857. The van der Waals surface area contributed by atoms with Gasteiger partial charge in [-0.05, 0) is 25.7 Å². The molecule has 2 unspecified atom stereocenters. The van der Waals surface area contributed by atoms with Gasteiger partial charge in [0.25, 0.3) is 0 Å². The minimum atomic E-state index is -0.833. The third-order valence-electron chi connectivity index (χ3n) is 4.31. The molecule has 0 aromatic heterocycles. The molecule has 1 aliphatic heterocycles. The molecule has 0 radical (unpaired) electrons. The van der Waals surface area contributed by atoms with Crippen molar-refractivity contribution in [2.75, 3.05) is 26.7 Å². The van der Waals surface area contributed by atoms with Crippen molar-refractivity contribution in [1.82, 2.24) is 9.80 Å².